The molecule has 0 saturated heterocycles. The number of fused-ring (bicyclic) bond motifs is 3. The lowest BCUT2D eigenvalue weighted by Gasteiger charge is -2.46. The average molecular weight is 421 g/mol. The van der Waals surface area contributed by atoms with E-state index in [0.29, 0.717) is 11.1 Å². The number of rotatable bonds is 2. The molecule has 3 atom stereocenters. The van der Waals surface area contributed by atoms with Crippen LogP contribution in [0.5, 0.6) is 5.75 Å². The maximum absolute atomic E-state index is 13.3. The number of carbonyl (C=O) groups is 3. The Balaban J connectivity index is 1.93. The molecule has 31 heavy (non-hydrogen) atoms. The molecule has 3 aliphatic carbocycles. The first kappa shape index (κ1) is 20.4. The highest BCUT2D eigenvalue weighted by atomic mass is 16.3. The van der Waals surface area contributed by atoms with Crippen molar-refractivity contribution in [2.45, 2.75) is 24.9 Å². The number of hydrogen-bond donors (Lipinski definition) is 5. The smallest absolute Gasteiger partial charge is 0.255 e. The van der Waals surface area contributed by atoms with Crippen molar-refractivity contribution in [1.82, 2.24) is 0 Å². The van der Waals surface area contributed by atoms with Crippen LogP contribution in [0.15, 0.2) is 35.1 Å². The van der Waals surface area contributed by atoms with Gasteiger partial charge in [-0.15, -0.1) is 6.42 Å². The fourth-order valence-corrected chi connectivity index (χ4v) is 4.94. The van der Waals surface area contributed by atoms with Crippen molar-refractivity contribution in [1.29, 1.82) is 0 Å². The zero-order chi connectivity index (χ0) is 22.7. The number of hydrogen-bond acceptors (Lipinski definition) is 7. The molecule has 3 unspecified atom stereocenters. The van der Waals surface area contributed by atoms with Gasteiger partial charge in [0.2, 0.25) is 5.78 Å². The summed E-state index contributed by atoms with van der Waals surface area (Å²) in [6.45, 7) is 0. The number of carbonyl (C=O) groups excluding carboxylic acids is 3. The standard InChI is InChI=1S/C23H19NO7/c1-2-3-4-10-5-6-14(25)17-13(10)8-11-7-12-9-15(26)18(22(24)30)21(29)23(12,31)20(28)16(11)19(17)27/h1,3-6,11-12,25,27,29,31H,7-9H2,(H2,24,30)/b4-3+. The third-order valence-corrected chi connectivity index (χ3v) is 6.34. The van der Waals surface area contributed by atoms with Gasteiger partial charge >= 0.3 is 0 Å². The van der Waals surface area contributed by atoms with Crippen LogP contribution in [0.3, 0.4) is 0 Å². The Morgan fingerprint density at radius 1 is 1.23 bits per heavy atom. The molecule has 8 heteroatoms. The van der Waals surface area contributed by atoms with Gasteiger partial charge in [0.1, 0.15) is 22.8 Å². The molecule has 1 saturated carbocycles. The Hall–Kier alpha value is -3.83. The van der Waals surface area contributed by atoms with Gasteiger partial charge < -0.3 is 26.2 Å². The first-order chi connectivity index (χ1) is 14.6. The Kier molecular flexibility index (Phi) is 4.52. The Morgan fingerprint density at radius 3 is 2.58 bits per heavy atom. The lowest BCUT2D eigenvalue weighted by Crippen LogP contribution is -2.58. The number of allylic oxidation sites excluding steroid dienone is 1. The molecule has 0 spiro atoms. The first-order valence-electron chi connectivity index (χ1n) is 9.57. The molecule has 1 amide bonds. The van der Waals surface area contributed by atoms with Crippen molar-refractivity contribution in [2.75, 3.05) is 0 Å². The number of primary amides is 1. The molecular weight excluding hydrogens is 402 g/mol. The largest absolute Gasteiger partial charge is 0.508 e. The summed E-state index contributed by atoms with van der Waals surface area (Å²) in [4.78, 5) is 37.3. The van der Waals surface area contributed by atoms with E-state index >= 15 is 0 Å². The quantitative estimate of drug-likeness (QED) is 0.353. The molecule has 8 nitrogen and oxygen atoms in total. The molecule has 0 heterocycles. The van der Waals surface area contributed by atoms with Gasteiger partial charge in [0.25, 0.3) is 5.91 Å². The van der Waals surface area contributed by atoms with Crippen LogP contribution in [0.1, 0.15) is 29.5 Å². The van der Waals surface area contributed by atoms with E-state index in [-0.39, 0.29) is 36.1 Å². The van der Waals surface area contributed by atoms with Crippen LogP contribution in [0, 0.1) is 24.2 Å². The molecule has 4 rings (SSSR count). The molecule has 0 radical (unpaired) electrons. The second kappa shape index (κ2) is 6.86. The highest BCUT2D eigenvalue weighted by Gasteiger charge is 2.60. The van der Waals surface area contributed by atoms with Crippen molar-refractivity contribution >= 4 is 29.3 Å². The minimum absolute atomic E-state index is 0.0336. The van der Waals surface area contributed by atoms with E-state index in [1.165, 1.54) is 12.1 Å². The van der Waals surface area contributed by atoms with Gasteiger partial charge in [-0.05, 0) is 48.1 Å². The van der Waals surface area contributed by atoms with E-state index in [0.717, 1.165) is 0 Å². The van der Waals surface area contributed by atoms with Crippen molar-refractivity contribution in [3.05, 3.63) is 51.8 Å². The molecule has 1 aromatic rings. The van der Waals surface area contributed by atoms with Gasteiger partial charge in [-0.2, -0.15) is 0 Å². The summed E-state index contributed by atoms with van der Waals surface area (Å²) in [6.07, 6.45) is 8.32. The summed E-state index contributed by atoms with van der Waals surface area (Å²) >= 11 is 0. The summed E-state index contributed by atoms with van der Waals surface area (Å²) < 4.78 is 0. The van der Waals surface area contributed by atoms with E-state index in [2.05, 4.69) is 5.92 Å². The number of ketones is 2. The fraction of sp³-hybridized carbons (Fsp3) is 0.261. The minimum atomic E-state index is -2.56. The highest BCUT2D eigenvalue weighted by Crippen LogP contribution is 2.52. The molecule has 1 aromatic carbocycles. The number of amides is 1. The average Bonchev–Trinajstić information content (AvgIpc) is 2.70. The van der Waals surface area contributed by atoms with E-state index in [4.69, 9.17) is 12.2 Å². The van der Waals surface area contributed by atoms with E-state index in [1.54, 1.807) is 12.1 Å². The molecule has 0 aliphatic heterocycles. The van der Waals surface area contributed by atoms with Crippen LogP contribution < -0.4 is 5.73 Å². The number of Topliss-reactive ketones (excluding diaryl/α,β-unsaturated/α-hetero) is 2. The van der Waals surface area contributed by atoms with E-state index < -0.39 is 52.0 Å². The number of benzene rings is 1. The number of aliphatic hydroxyl groups is 3. The summed E-state index contributed by atoms with van der Waals surface area (Å²) in [5.41, 5.74) is 2.85. The Bertz CT molecular complexity index is 1200. The van der Waals surface area contributed by atoms with Gasteiger partial charge in [-0.25, -0.2) is 0 Å². The zero-order valence-corrected chi connectivity index (χ0v) is 16.3. The number of nitrogens with two attached hydrogens (primary N) is 1. The van der Waals surface area contributed by atoms with Gasteiger partial charge in [0.05, 0.1) is 5.56 Å². The highest BCUT2D eigenvalue weighted by molar-refractivity contribution is 6.22. The number of phenols is 1. The normalized spacial score (nSPS) is 27.6. The number of aromatic hydroxyl groups is 1. The number of terminal acetylenes is 1. The molecule has 158 valence electrons. The SMILES string of the molecule is C#C/C=C/c1ccc(O)c2c1CC1CC3CC(=O)C(C(N)=O)=C(O)C3(O)C(=O)C1=C2O. The van der Waals surface area contributed by atoms with Crippen molar-refractivity contribution in [3.8, 4) is 18.1 Å². The second-order valence-corrected chi connectivity index (χ2v) is 7.93. The number of aliphatic hydroxyl groups excluding tert-OH is 2. The third kappa shape index (κ3) is 2.71. The van der Waals surface area contributed by atoms with Crippen LogP contribution in [-0.2, 0) is 20.8 Å². The maximum atomic E-state index is 13.3. The maximum Gasteiger partial charge on any atom is 0.255 e. The first-order valence-corrected chi connectivity index (χ1v) is 9.57. The van der Waals surface area contributed by atoms with Gasteiger partial charge in [-0.3, -0.25) is 14.4 Å². The minimum Gasteiger partial charge on any atom is -0.508 e. The Labute approximate surface area is 177 Å². The van der Waals surface area contributed by atoms with Crippen LogP contribution in [0.4, 0.5) is 0 Å². The lowest BCUT2D eigenvalue weighted by atomic mass is 9.59. The predicted octanol–water partition coefficient (Wildman–Crippen LogP) is 1.07. The van der Waals surface area contributed by atoms with Gasteiger partial charge in [-0.1, -0.05) is 12.0 Å². The summed E-state index contributed by atoms with van der Waals surface area (Å²) in [5, 5.41) is 43.0. The van der Waals surface area contributed by atoms with Crippen LogP contribution in [-0.4, -0.2) is 43.5 Å². The predicted molar refractivity (Wildman–Crippen MR) is 109 cm³/mol. The topological polar surface area (TPSA) is 158 Å². The summed E-state index contributed by atoms with van der Waals surface area (Å²) in [5.74, 6) is -4.13. The zero-order valence-electron chi connectivity index (χ0n) is 16.3. The second-order valence-electron chi connectivity index (χ2n) is 7.93. The van der Waals surface area contributed by atoms with Crippen LogP contribution in [0.25, 0.3) is 11.8 Å². The summed E-state index contributed by atoms with van der Waals surface area (Å²) in [6, 6.07) is 2.97. The van der Waals surface area contributed by atoms with E-state index in [9.17, 15) is 34.8 Å². The number of phenolic OH excluding ortho intramolecular Hbond substituents is 1. The van der Waals surface area contributed by atoms with Crippen LogP contribution in [0.2, 0.25) is 0 Å². The fourth-order valence-electron chi connectivity index (χ4n) is 4.94. The lowest BCUT2D eigenvalue weighted by molar-refractivity contribution is -0.147. The molecular formula is C23H19NO7. The molecule has 0 aromatic heterocycles. The molecule has 1 fully saturated rings. The van der Waals surface area contributed by atoms with E-state index in [1.807, 2.05) is 0 Å². The Morgan fingerprint density at radius 2 is 1.94 bits per heavy atom. The third-order valence-electron chi connectivity index (χ3n) is 6.34. The van der Waals surface area contributed by atoms with Gasteiger partial charge in [0.15, 0.2) is 11.4 Å². The molecule has 0 bridgehead atoms. The monoisotopic (exact) mass is 421 g/mol. The van der Waals surface area contributed by atoms with Crippen molar-refractivity contribution in [3.63, 3.8) is 0 Å². The van der Waals surface area contributed by atoms with Crippen LogP contribution >= 0.6 is 0 Å². The van der Waals surface area contributed by atoms with Crippen molar-refractivity contribution in [2.24, 2.45) is 17.6 Å². The van der Waals surface area contributed by atoms with Crippen molar-refractivity contribution < 1.29 is 34.8 Å². The van der Waals surface area contributed by atoms with Gasteiger partial charge in [0, 0.05) is 17.9 Å². The molecule has 3 aliphatic rings. The molecule has 6 N–H and O–H groups in total. The summed E-state index contributed by atoms with van der Waals surface area (Å²) in [7, 11) is 0.